The Hall–Kier alpha value is -3.14. The third kappa shape index (κ3) is 2.08. The Kier molecular flexibility index (Phi) is 3.32. The molecule has 0 bridgehead atoms. The second kappa shape index (κ2) is 5.70. The summed E-state index contributed by atoms with van der Waals surface area (Å²) in [5.41, 5.74) is 3.43. The van der Waals surface area contributed by atoms with Crippen LogP contribution in [0.25, 0.3) is 0 Å². The van der Waals surface area contributed by atoms with Gasteiger partial charge in [-0.1, -0.05) is 36.4 Å². The van der Waals surface area contributed by atoms with Gasteiger partial charge in [0.15, 0.2) is 11.6 Å². The van der Waals surface area contributed by atoms with E-state index in [0.29, 0.717) is 59.8 Å². The van der Waals surface area contributed by atoms with Gasteiger partial charge >= 0.3 is 0 Å². The molecule has 0 saturated heterocycles. The van der Waals surface area contributed by atoms with Crippen LogP contribution in [-0.4, -0.2) is 24.8 Å². The third-order valence-electron chi connectivity index (χ3n) is 5.08. The zero-order valence-corrected chi connectivity index (χ0v) is 14.1. The van der Waals surface area contributed by atoms with E-state index in [1.165, 1.54) is 0 Å². The molecule has 2 aromatic rings. The van der Waals surface area contributed by atoms with Gasteiger partial charge < -0.3 is 9.47 Å². The third-order valence-corrected chi connectivity index (χ3v) is 5.08. The van der Waals surface area contributed by atoms with Gasteiger partial charge in [-0.25, -0.2) is 0 Å². The number of hydrogen-bond acceptors (Lipinski definition) is 4. The van der Waals surface area contributed by atoms with Crippen LogP contribution in [0.2, 0.25) is 0 Å². The van der Waals surface area contributed by atoms with E-state index in [2.05, 4.69) is 0 Å². The van der Waals surface area contributed by atoms with Gasteiger partial charge in [0.25, 0.3) is 0 Å². The number of ketones is 2. The fraction of sp³-hybridized carbons (Fsp3) is 0.182. The first-order valence-electron chi connectivity index (χ1n) is 8.72. The van der Waals surface area contributed by atoms with Crippen molar-refractivity contribution in [3.8, 4) is 11.5 Å². The highest BCUT2D eigenvalue weighted by atomic mass is 16.5. The van der Waals surface area contributed by atoms with E-state index in [-0.39, 0.29) is 11.6 Å². The van der Waals surface area contributed by atoms with Gasteiger partial charge in [0.2, 0.25) is 0 Å². The molecular formula is C22H16O4. The summed E-state index contributed by atoms with van der Waals surface area (Å²) < 4.78 is 11.6. The van der Waals surface area contributed by atoms with Crippen molar-refractivity contribution in [3.63, 3.8) is 0 Å². The van der Waals surface area contributed by atoms with Gasteiger partial charge in [-0.15, -0.1) is 0 Å². The molecule has 0 unspecified atom stereocenters. The summed E-state index contributed by atoms with van der Waals surface area (Å²) in [5, 5.41) is 0. The van der Waals surface area contributed by atoms with Crippen molar-refractivity contribution in [2.45, 2.75) is 12.8 Å². The van der Waals surface area contributed by atoms with Gasteiger partial charge in [-0.2, -0.15) is 0 Å². The Morgan fingerprint density at radius 2 is 1.08 bits per heavy atom. The van der Waals surface area contributed by atoms with Gasteiger partial charge in [0, 0.05) is 11.1 Å². The highest BCUT2D eigenvalue weighted by Crippen LogP contribution is 2.41. The standard InChI is InChI=1S/C22H16O4/c23-19-16-10-8-14-6-2-4-12-26-22(14)18(16)20(24)15-9-7-13-5-1-3-11-25-21(13)17(15)19/h1-4,7-10H,5-6,11-12H2. The Bertz CT molecular complexity index is 943. The maximum Gasteiger partial charge on any atom is 0.198 e. The van der Waals surface area contributed by atoms with Crippen LogP contribution in [0.4, 0.5) is 0 Å². The number of hydrogen-bond donors (Lipinski definition) is 0. The summed E-state index contributed by atoms with van der Waals surface area (Å²) in [5.74, 6) is 0.733. The molecule has 0 N–H and O–H groups in total. The summed E-state index contributed by atoms with van der Waals surface area (Å²) in [6.45, 7) is 0.799. The molecule has 1 aliphatic carbocycles. The molecule has 0 fully saturated rings. The predicted octanol–water partition coefficient (Wildman–Crippen LogP) is 3.44. The van der Waals surface area contributed by atoms with Crippen LogP contribution in [0.1, 0.15) is 43.0 Å². The quantitative estimate of drug-likeness (QED) is 0.586. The molecule has 2 heterocycles. The maximum atomic E-state index is 13.3. The van der Waals surface area contributed by atoms with Crippen LogP contribution >= 0.6 is 0 Å². The van der Waals surface area contributed by atoms with Crippen molar-refractivity contribution < 1.29 is 19.1 Å². The molecule has 0 spiro atoms. The SMILES string of the molecule is O=C1c2ccc3c(c2C(=O)c2ccc4c(c21)OCC=CC4)OCC=CC3. The number of ether oxygens (including phenoxy) is 2. The van der Waals surface area contributed by atoms with Crippen LogP contribution in [0.5, 0.6) is 11.5 Å². The molecule has 128 valence electrons. The second-order valence-electron chi connectivity index (χ2n) is 6.58. The lowest BCUT2D eigenvalue weighted by molar-refractivity contribution is 0.0973. The summed E-state index contributed by atoms with van der Waals surface area (Å²) in [6, 6.07) is 7.25. The largest absolute Gasteiger partial charge is 0.488 e. The molecule has 4 nitrogen and oxygen atoms in total. The highest BCUT2D eigenvalue weighted by Gasteiger charge is 2.36. The zero-order valence-electron chi connectivity index (χ0n) is 14.1. The summed E-state index contributed by atoms with van der Waals surface area (Å²) in [4.78, 5) is 26.6. The minimum Gasteiger partial charge on any atom is -0.488 e. The maximum absolute atomic E-state index is 13.3. The normalized spacial score (nSPS) is 17.1. The number of carbonyl (C=O) groups is 2. The Balaban J connectivity index is 1.74. The first-order valence-corrected chi connectivity index (χ1v) is 8.72. The molecule has 0 aromatic heterocycles. The molecule has 0 radical (unpaired) electrons. The lowest BCUT2D eigenvalue weighted by atomic mass is 9.81. The average Bonchev–Trinajstić information content (AvgIpc) is 3.04. The number of allylic oxidation sites excluding steroid dienone is 2. The van der Waals surface area contributed by atoms with E-state index in [4.69, 9.17) is 9.47 Å². The first-order chi connectivity index (χ1) is 12.8. The van der Waals surface area contributed by atoms with Crippen LogP contribution < -0.4 is 9.47 Å². The highest BCUT2D eigenvalue weighted by molar-refractivity contribution is 6.30. The van der Waals surface area contributed by atoms with Crippen LogP contribution in [0, 0.1) is 0 Å². The molecule has 4 heteroatoms. The summed E-state index contributed by atoms with van der Waals surface area (Å²) in [7, 11) is 0. The molecule has 0 amide bonds. The fourth-order valence-electron chi connectivity index (χ4n) is 3.82. The minimum absolute atomic E-state index is 0.169. The summed E-state index contributed by atoms with van der Waals surface area (Å²) in [6.07, 6.45) is 9.27. The number of rotatable bonds is 0. The van der Waals surface area contributed by atoms with Gasteiger partial charge in [0.05, 0.1) is 11.1 Å². The second-order valence-corrected chi connectivity index (χ2v) is 6.58. The molecule has 26 heavy (non-hydrogen) atoms. The predicted molar refractivity (Wildman–Crippen MR) is 96.4 cm³/mol. The van der Waals surface area contributed by atoms with Crippen molar-refractivity contribution in [3.05, 3.63) is 82.0 Å². The number of fused-ring (bicyclic) bond motifs is 6. The van der Waals surface area contributed by atoms with E-state index in [9.17, 15) is 9.59 Å². The average molecular weight is 344 g/mol. The Morgan fingerprint density at radius 1 is 0.615 bits per heavy atom. The minimum atomic E-state index is -0.169. The monoisotopic (exact) mass is 344 g/mol. The van der Waals surface area contributed by atoms with Gasteiger partial charge in [-0.05, 0) is 36.1 Å². The van der Waals surface area contributed by atoms with Crippen molar-refractivity contribution in [1.82, 2.24) is 0 Å². The van der Waals surface area contributed by atoms with Crippen molar-refractivity contribution in [2.24, 2.45) is 0 Å². The van der Waals surface area contributed by atoms with Crippen molar-refractivity contribution >= 4 is 11.6 Å². The molecule has 0 atom stereocenters. The smallest absolute Gasteiger partial charge is 0.198 e. The Labute approximate surface area is 150 Å². The molecule has 0 saturated carbocycles. The molecular weight excluding hydrogens is 328 g/mol. The number of benzene rings is 2. The summed E-state index contributed by atoms with van der Waals surface area (Å²) >= 11 is 0. The van der Waals surface area contributed by atoms with E-state index in [0.717, 1.165) is 11.1 Å². The van der Waals surface area contributed by atoms with Crippen LogP contribution in [-0.2, 0) is 12.8 Å². The Morgan fingerprint density at radius 3 is 1.54 bits per heavy atom. The topological polar surface area (TPSA) is 52.6 Å². The zero-order chi connectivity index (χ0) is 17.7. The van der Waals surface area contributed by atoms with Crippen molar-refractivity contribution in [1.29, 1.82) is 0 Å². The van der Waals surface area contributed by atoms with Crippen LogP contribution in [0.3, 0.4) is 0 Å². The van der Waals surface area contributed by atoms with E-state index in [1.54, 1.807) is 12.1 Å². The van der Waals surface area contributed by atoms with Crippen LogP contribution in [0.15, 0.2) is 48.6 Å². The van der Waals surface area contributed by atoms with E-state index in [1.807, 2.05) is 36.4 Å². The molecule has 5 rings (SSSR count). The lowest BCUT2D eigenvalue weighted by Crippen LogP contribution is -2.24. The van der Waals surface area contributed by atoms with Gasteiger partial charge in [0.1, 0.15) is 24.7 Å². The van der Waals surface area contributed by atoms with Crippen molar-refractivity contribution in [2.75, 3.05) is 13.2 Å². The molecule has 2 aliphatic heterocycles. The number of carbonyl (C=O) groups excluding carboxylic acids is 2. The first kappa shape index (κ1) is 15.1. The van der Waals surface area contributed by atoms with E-state index < -0.39 is 0 Å². The van der Waals surface area contributed by atoms with E-state index >= 15 is 0 Å². The lowest BCUT2D eigenvalue weighted by Gasteiger charge is -2.24. The molecule has 3 aliphatic rings. The molecule has 2 aromatic carbocycles. The van der Waals surface area contributed by atoms with Gasteiger partial charge in [-0.3, -0.25) is 9.59 Å². The fourth-order valence-corrected chi connectivity index (χ4v) is 3.82.